The summed E-state index contributed by atoms with van der Waals surface area (Å²) >= 11 is 10.5. The molecule has 1 N–H and O–H groups in total. The van der Waals surface area contributed by atoms with E-state index in [0.29, 0.717) is 31.9 Å². The van der Waals surface area contributed by atoms with Gasteiger partial charge in [-0.2, -0.15) is 0 Å². The van der Waals surface area contributed by atoms with E-state index in [2.05, 4.69) is 15.5 Å². The van der Waals surface area contributed by atoms with Gasteiger partial charge in [0, 0.05) is 21.5 Å². The summed E-state index contributed by atoms with van der Waals surface area (Å²) in [5, 5.41) is 14.7. The minimum atomic E-state index is -0.509. The van der Waals surface area contributed by atoms with Crippen LogP contribution in [0, 0.1) is 0 Å². The molecule has 0 aliphatic heterocycles. The van der Waals surface area contributed by atoms with Crippen LogP contribution in [0.3, 0.4) is 0 Å². The van der Waals surface area contributed by atoms with E-state index in [9.17, 15) is 9.59 Å². The summed E-state index contributed by atoms with van der Waals surface area (Å²) in [5.41, 5.74) is 2.63. The molecular formula is C23H17ClN4O3S3. The topological polar surface area (TPSA) is 85.6 Å². The molecule has 0 aliphatic carbocycles. The lowest BCUT2D eigenvalue weighted by molar-refractivity contribution is -0.113. The fourth-order valence-electron chi connectivity index (χ4n) is 3.48. The number of anilines is 1. The zero-order chi connectivity index (χ0) is 23.7. The second-order valence-electron chi connectivity index (χ2n) is 7.06. The van der Waals surface area contributed by atoms with Crippen LogP contribution < -0.4 is 5.32 Å². The number of aromatic nitrogens is 3. The molecule has 0 unspecified atom stereocenters. The van der Waals surface area contributed by atoms with Gasteiger partial charge < -0.3 is 10.1 Å². The molecule has 172 valence electrons. The second kappa shape index (κ2) is 9.75. The molecule has 3 aromatic heterocycles. The Kier molecular flexibility index (Phi) is 6.55. The Balaban J connectivity index is 1.38. The predicted octanol–water partition coefficient (Wildman–Crippen LogP) is 6.23. The Morgan fingerprint density at radius 1 is 1.12 bits per heavy atom. The number of thiophene rings is 1. The van der Waals surface area contributed by atoms with Crippen molar-refractivity contribution in [2.45, 2.75) is 12.1 Å². The number of ether oxygens (including phenoxy) is 1. The second-order valence-corrected chi connectivity index (χ2v) is 10.3. The average molecular weight is 529 g/mol. The molecule has 5 rings (SSSR count). The maximum atomic E-state index is 12.8. The van der Waals surface area contributed by atoms with Gasteiger partial charge in [-0.15, -0.1) is 21.5 Å². The minimum Gasteiger partial charge on any atom is -0.462 e. The van der Waals surface area contributed by atoms with Crippen molar-refractivity contribution < 1.29 is 14.3 Å². The number of hydrogen-bond acceptors (Lipinski definition) is 8. The number of fused-ring (bicyclic) bond motifs is 3. The third-order valence-corrected chi connectivity index (χ3v) is 8.10. The summed E-state index contributed by atoms with van der Waals surface area (Å²) in [4.78, 5) is 26.4. The number of amides is 1. The SMILES string of the molecule is CCOC(=O)c1c(-c2ccccc2Cl)csc1NC(=O)CSc1nnc2sc3ccccc3n12. The van der Waals surface area contributed by atoms with Gasteiger partial charge in [0.15, 0.2) is 5.16 Å². The average Bonchev–Trinajstić information content (AvgIpc) is 3.52. The van der Waals surface area contributed by atoms with E-state index < -0.39 is 5.97 Å². The molecule has 7 nitrogen and oxygen atoms in total. The summed E-state index contributed by atoms with van der Waals surface area (Å²) in [6.45, 7) is 1.96. The van der Waals surface area contributed by atoms with Crippen LogP contribution in [-0.4, -0.2) is 38.8 Å². The molecule has 11 heteroatoms. The normalized spacial score (nSPS) is 11.2. The number of thioether (sulfide) groups is 1. The molecule has 0 radical (unpaired) electrons. The molecule has 0 bridgehead atoms. The summed E-state index contributed by atoms with van der Waals surface area (Å²) in [6, 6.07) is 15.2. The molecule has 0 saturated heterocycles. The molecule has 0 spiro atoms. The van der Waals surface area contributed by atoms with Crippen LogP contribution in [0.25, 0.3) is 26.3 Å². The molecule has 2 aromatic carbocycles. The third kappa shape index (κ3) is 4.29. The van der Waals surface area contributed by atoms with Gasteiger partial charge in [0.25, 0.3) is 0 Å². The molecule has 0 atom stereocenters. The number of rotatable bonds is 7. The minimum absolute atomic E-state index is 0.104. The highest BCUT2D eigenvalue weighted by Crippen LogP contribution is 2.39. The van der Waals surface area contributed by atoms with E-state index in [1.165, 1.54) is 23.1 Å². The van der Waals surface area contributed by atoms with Crippen LogP contribution in [0.1, 0.15) is 17.3 Å². The zero-order valence-corrected chi connectivity index (χ0v) is 21.0. The quantitative estimate of drug-likeness (QED) is 0.199. The van der Waals surface area contributed by atoms with Crippen molar-refractivity contribution in [1.29, 1.82) is 0 Å². The van der Waals surface area contributed by atoms with Gasteiger partial charge in [-0.05, 0) is 25.1 Å². The van der Waals surface area contributed by atoms with Crippen LogP contribution in [0.2, 0.25) is 5.02 Å². The van der Waals surface area contributed by atoms with Crippen LogP contribution in [0.15, 0.2) is 59.1 Å². The van der Waals surface area contributed by atoms with E-state index in [0.717, 1.165) is 15.2 Å². The van der Waals surface area contributed by atoms with Crippen molar-refractivity contribution in [2.75, 3.05) is 17.7 Å². The van der Waals surface area contributed by atoms with E-state index in [1.54, 1.807) is 29.7 Å². The largest absolute Gasteiger partial charge is 0.462 e. The summed E-state index contributed by atoms with van der Waals surface area (Å²) < 4.78 is 8.30. The van der Waals surface area contributed by atoms with Crippen LogP contribution in [0.5, 0.6) is 0 Å². The van der Waals surface area contributed by atoms with Crippen molar-refractivity contribution in [3.05, 3.63) is 64.5 Å². The fraction of sp³-hybridized carbons (Fsp3) is 0.130. The smallest absolute Gasteiger partial charge is 0.341 e. The number of halogens is 1. The first-order valence-corrected chi connectivity index (χ1v) is 13.3. The summed E-state index contributed by atoms with van der Waals surface area (Å²) in [5.74, 6) is -0.669. The Labute approximate surface area is 211 Å². The van der Waals surface area contributed by atoms with Crippen molar-refractivity contribution in [3.63, 3.8) is 0 Å². The highest BCUT2D eigenvalue weighted by molar-refractivity contribution is 7.99. The van der Waals surface area contributed by atoms with Gasteiger partial charge >= 0.3 is 5.97 Å². The van der Waals surface area contributed by atoms with Crippen molar-refractivity contribution in [2.24, 2.45) is 0 Å². The first-order valence-electron chi connectivity index (χ1n) is 10.3. The number of carbonyl (C=O) groups excluding carboxylic acids is 2. The Morgan fingerprint density at radius 2 is 1.91 bits per heavy atom. The molecular weight excluding hydrogens is 512 g/mol. The van der Waals surface area contributed by atoms with Gasteiger partial charge in [-0.1, -0.05) is 65.0 Å². The number of nitrogens with one attached hydrogen (secondary N) is 1. The number of esters is 1. The molecule has 34 heavy (non-hydrogen) atoms. The standard InChI is InChI=1S/C23H17ClN4O3S3/c1-2-31-21(30)19-14(13-7-3-4-8-15(13)24)11-32-20(19)25-18(29)12-33-22-26-27-23-28(22)16-9-5-6-10-17(16)34-23/h3-11H,2,12H2,1H3,(H,25,29). The van der Waals surface area contributed by atoms with E-state index in [-0.39, 0.29) is 18.3 Å². The third-order valence-electron chi connectivity index (χ3n) is 4.93. The van der Waals surface area contributed by atoms with Gasteiger partial charge in [0.05, 0.1) is 22.6 Å². The molecule has 1 amide bonds. The monoisotopic (exact) mass is 528 g/mol. The Bertz CT molecular complexity index is 1520. The lowest BCUT2D eigenvalue weighted by Gasteiger charge is -2.09. The number of carbonyl (C=O) groups is 2. The van der Waals surface area contributed by atoms with E-state index >= 15 is 0 Å². The maximum Gasteiger partial charge on any atom is 0.341 e. The number of nitrogens with zero attached hydrogens (tertiary/aromatic N) is 3. The van der Waals surface area contributed by atoms with Gasteiger partial charge in [0.2, 0.25) is 10.9 Å². The first kappa shape index (κ1) is 22.9. The lowest BCUT2D eigenvalue weighted by atomic mass is 10.0. The first-order chi connectivity index (χ1) is 16.6. The van der Waals surface area contributed by atoms with E-state index in [1.807, 2.05) is 46.9 Å². The van der Waals surface area contributed by atoms with E-state index in [4.69, 9.17) is 16.3 Å². The number of para-hydroxylation sites is 1. The number of benzene rings is 2. The number of thiazole rings is 1. The Hall–Kier alpha value is -2.92. The molecule has 0 fully saturated rings. The fourth-order valence-corrected chi connectivity index (χ4v) is 6.44. The molecule has 3 heterocycles. The molecule has 0 aliphatic rings. The van der Waals surface area contributed by atoms with Gasteiger partial charge in [0.1, 0.15) is 10.6 Å². The summed E-state index contributed by atoms with van der Waals surface area (Å²) in [6.07, 6.45) is 0. The predicted molar refractivity (Wildman–Crippen MR) is 138 cm³/mol. The Morgan fingerprint density at radius 3 is 2.74 bits per heavy atom. The molecule has 0 saturated carbocycles. The zero-order valence-electron chi connectivity index (χ0n) is 17.8. The van der Waals surface area contributed by atoms with Crippen molar-refractivity contribution in [3.8, 4) is 11.1 Å². The summed E-state index contributed by atoms with van der Waals surface area (Å²) in [7, 11) is 0. The maximum absolute atomic E-state index is 12.8. The van der Waals surface area contributed by atoms with Gasteiger partial charge in [-0.3, -0.25) is 9.20 Å². The van der Waals surface area contributed by atoms with Crippen molar-refractivity contribution in [1.82, 2.24) is 14.6 Å². The van der Waals surface area contributed by atoms with Gasteiger partial charge in [-0.25, -0.2) is 4.79 Å². The van der Waals surface area contributed by atoms with Crippen LogP contribution in [0.4, 0.5) is 5.00 Å². The molecule has 5 aromatic rings. The lowest BCUT2D eigenvalue weighted by Crippen LogP contribution is -2.16. The number of hydrogen-bond donors (Lipinski definition) is 1. The highest BCUT2D eigenvalue weighted by atomic mass is 35.5. The highest BCUT2D eigenvalue weighted by Gasteiger charge is 2.24. The van der Waals surface area contributed by atoms with Crippen LogP contribution in [-0.2, 0) is 9.53 Å². The van der Waals surface area contributed by atoms with Crippen molar-refractivity contribution >= 4 is 78.1 Å². The van der Waals surface area contributed by atoms with Crippen LogP contribution >= 0.6 is 46.0 Å².